The Balaban J connectivity index is 0.000000338. The Bertz CT molecular complexity index is 3350. The van der Waals surface area contributed by atoms with Crippen molar-refractivity contribution in [3.8, 4) is 11.5 Å². The van der Waals surface area contributed by atoms with E-state index < -0.39 is 35.5 Å². The zero-order chi connectivity index (χ0) is 66.6. The van der Waals surface area contributed by atoms with Gasteiger partial charge in [0.15, 0.2) is 6.29 Å². The van der Waals surface area contributed by atoms with Gasteiger partial charge in [0.05, 0.1) is 25.5 Å². The first-order valence-electron chi connectivity index (χ1n) is 30.7. The number of hydrogen-bond donors (Lipinski definition) is 6. The van der Waals surface area contributed by atoms with Crippen molar-refractivity contribution in [1.29, 1.82) is 0 Å². The number of carbonyl (C=O) groups is 6. The Morgan fingerprint density at radius 1 is 0.574 bits per heavy atom. The molecule has 0 saturated carbocycles. The summed E-state index contributed by atoms with van der Waals surface area (Å²) in [4.78, 5) is 82.9. The molecule has 0 aliphatic carbocycles. The molecule has 2 aliphatic rings. The molecule has 6 aromatic carbocycles. The molecule has 94 heavy (non-hydrogen) atoms. The summed E-state index contributed by atoms with van der Waals surface area (Å²) in [6.07, 6.45) is 2.22. The summed E-state index contributed by atoms with van der Waals surface area (Å²) in [7, 11) is 3.33. The van der Waals surface area contributed by atoms with Crippen LogP contribution in [0.5, 0.6) is 11.5 Å². The molecule has 23 heteroatoms. The van der Waals surface area contributed by atoms with Crippen LogP contribution in [0.25, 0.3) is 0 Å². The Kier molecular flexibility index (Phi) is 33.3. The lowest BCUT2D eigenvalue weighted by atomic mass is 10.0. The maximum atomic E-state index is 15.0. The number of hydrogen-bond acceptors (Lipinski definition) is 14. The average molecular weight is 1340 g/mol. The fourth-order valence-electron chi connectivity index (χ4n) is 10.5. The van der Waals surface area contributed by atoms with Crippen LogP contribution in [0.2, 0.25) is 10.0 Å². The van der Waals surface area contributed by atoms with Crippen molar-refractivity contribution in [3.63, 3.8) is 0 Å². The molecule has 5 amide bonds. The number of methoxy groups -OCH3 is 2. The molecule has 0 radical (unpaired) electrons. The minimum absolute atomic E-state index is 0. The number of nitrogens with zero attached hydrogens (tertiary/aromatic N) is 4. The smallest absolute Gasteiger partial charge is 0.407 e. The fourth-order valence-corrected chi connectivity index (χ4v) is 10.7. The van der Waals surface area contributed by atoms with Gasteiger partial charge in [-0.3, -0.25) is 24.0 Å². The van der Waals surface area contributed by atoms with Gasteiger partial charge in [-0.25, -0.2) is 13.6 Å². The first-order valence-corrected chi connectivity index (χ1v) is 31.5. The van der Waals surface area contributed by atoms with Crippen LogP contribution in [-0.4, -0.2) is 156 Å². The molecule has 2 heterocycles. The number of aldehydes is 1. The summed E-state index contributed by atoms with van der Waals surface area (Å²) < 4.78 is 44.8. The van der Waals surface area contributed by atoms with E-state index in [9.17, 15) is 37.5 Å². The van der Waals surface area contributed by atoms with Gasteiger partial charge in [-0.2, -0.15) is 0 Å². The zero-order valence-corrected chi connectivity index (χ0v) is 54.5. The van der Waals surface area contributed by atoms with Crippen LogP contribution in [-0.2, 0) is 56.1 Å². The molecule has 2 atom stereocenters. The second kappa shape index (κ2) is 40.0. The van der Waals surface area contributed by atoms with Gasteiger partial charge in [0.2, 0.25) is 23.6 Å². The van der Waals surface area contributed by atoms with E-state index in [-0.39, 0.29) is 76.3 Å². The van der Waals surface area contributed by atoms with Crippen LogP contribution >= 0.6 is 23.2 Å². The Morgan fingerprint density at radius 3 is 1.50 bits per heavy atom. The molecular formula is C71H94Cl2F2N10O9. The molecule has 8 rings (SSSR count). The molecule has 510 valence electrons. The van der Waals surface area contributed by atoms with Crippen LogP contribution in [0.15, 0.2) is 133 Å². The lowest BCUT2D eigenvalue weighted by Gasteiger charge is -2.38. The van der Waals surface area contributed by atoms with Crippen molar-refractivity contribution in [2.24, 2.45) is 11.5 Å². The monoisotopic (exact) mass is 1340 g/mol. The Hall–Kier alpha value is -8.34. The highest BCUT2D eigenvalue weighted by Gasteiger charge is 2.32. The normalized spacial score (nSPS) is 13.4. The van der Waals surface area contributed by atoms with E-state index in [4.69, 9.17) is 48.9 Å². The van der Waals surface area contributed by atoms with Crippen molar-refractivity contribution in [3.05, 3.63) is 189 Å². The van der Waals surface area contributed by atoms with E-state index in [0.29, 0.717) is 106 Å². The number of nitrogens with one attached hydrogen (secondary N) is 4. The maximum absolute atomic E-state index is 15.0. The molecule has 0 aromatic heterocycles. The number of piperazine rings is 2. The number of nitrogens with two attached hydrogens (primary N) is 2. The highest BCUT2D eigenvalue weighted by molar-refractivity contribution is 6.30. The largest absolute Gasteiger partial charge is 0.496 e. The number of carbonyl (C=O) groups excluding carboxylic acids is 6. The highest BCUT2D eigenvalue weighted by atomic mass is 35.5. The first-order chi connectivity index (χ1) is 44.2. The second-order valence-corrected chi connectivity index (χ2v) is 23.7. The Morgan fingerprint density at radius 2 is 1.03 bits per heavy atom. The second-order valence-electron chi connectivity index (χ2n) is 22.9. The summed E-state index contributed by atoms with van der Waals surface area (Å²) >= 11 is 12.0. The zero-order valence-electron chi connectivity index (χ0n) is 53.0. The lowest BCUT2D eigenvalue weighted by Crippen LogP contribution is -2.56. The average Bonchev–Trinajstić information content (AvgIpc) is 0.858. The lowest BCUT2D eigenvalue weighted by molar-refractivity contribution is -0.136. The van der Waals surface area contributed by atoms with Crippen molar-refractivity contribution in [2.75, 3.05) is 103 Å². The van der Waals surface area contributed by atoms with Crippen LogP contribution < -0.4 is 52.0 Å². The number of rotatable bonds is 25. The van der Waals surface area contributed by atoms with Gasteiger partial charge in [0.1, 0.15) is 40.8 Å². The molecule has 2 aliphatic heterocycles. The van der Waals surface area contributed by atoms with Crippen molar-refractivity contribution >= 4 is 70.6 Å². The highest BCUT2D eigenvalue weighted by Crippen LogP contribution is 2.27. The van der Waals surface area contributed by atoms with E-state index >= 15 is 0 Å². The molecule has 2 unspecified atom stereocenters. The quantitative estimate of drug-likeness (QED) is 0.0231. The van der Waals surface area contributed by atoms with Crippen LogP contribution in [0.4, 0.5) is 25.0 Å². The third-order valence-corrected chi connectivity index (χ3v) is 15.6. The number of anilines is 2. The minimum Gasteiger partial charge on any atom is -0.496 e. The van der Waals surface area contributed by atoms with Gasteiger partial charge in [-0.1, -0.05) is 111 Å². The number of para-hydroxylation sites is 2. The fraction of sp³-hybridized carbons (Fsp3) is 0.408. The summed E-state index contributed by atoms with van der Waals surface area (Å²) in [5.74, 6) is -0.140. The van der Waals surface area contributed by atoms with E-state index in [0.717, 1.165) is 46.7 Å². The maximum Gasteiger partial charge on any atom is 0.407 e. The summed E-state index contributed by atoms with van der Waals surface area (Å²) in [6.45, 7) is 10.7. The molecule has 8 N–H and O–H groups in total. The molecular weight excluding hydrogens is 1250 g/mol. The predicted octanol–water partition coefficient (Wildman–Crippen LogP) is 9.60. The van der Waals surface area contributed by atoms with Gasteiger partial charge < -0.3 is 66.5 Å². The predicted molar refractivity (Wildman–Crippen MR) is 370 cm³/mol. The Labute approximate surface area is 563 Å². The molecule has 19 nitrogen and oxygen atoms in total. The minimum atomic E-state index is -0.841. The summed E-state index contributed by atoms with van der Waals surface area (Å²) in [5.41, 5.74) is 16.2. The molecule has 2 fully saturated rings. The first kappa shape index (κ1) is 78.1. The molecule has 2 saturated heterocycles. The van der Waals surface area contributed by atoms with Crippen LogP contribution in [0.1, 0.15) is 86.6 Å². The van der Waals surface area contributed by atoms with Crippen molar-refractivity contribution in [1.82, 2.24) is 31.1 Å². The third kappa shape index (κ3) is 24.9. The molecule has 0 spiro atoms. The summed E-state index contributed by atoms with van der Waals surface area (Å²) in [5, 5.41) is 12.7. The number of halogens is 4. The topological polar surface area (TPSA) is 243 Å². The van der Waals surface area contributed by atoms with Gasteiger partial charge in [0.25, 0.3) is 0 Å². The summed E-state index contributed by atoms with van der Waals surface area (Å²) in [6, 6.07) is 38.1. The number of ether oxygens (including phenoxy) is 3. The van der Waals surface area contributed by atoms with Gasteiger partial charge >= 0.3 is 6.09 Å². The van der Waals surface area contributed by atoms with Crippen LogP contribution in [0.3, 0.4) is 0 Å². The van der Waals surface area contributed by atoms with E-state index in [2.05, 4.69) is 26.2 Å². The molecule has 0 bridgehead atoms. The van der Waals surface area contributed by atoms with Gasteiger partial charge in [0, 0.05) is 119 Å². The number of benzene rings is 6. The molecule has 6 aromatic rings. The SMILES string of the molecule is C.C.CC(C)(C)OC(=O)NCCC(=O)NC(Cc1ccc(Cl)cc1)C(=O)N1CCN(c2cccc(F)c2C=O)CC1.COc1ccccc1CCN.COc1ccccc1CCNCc1c(F)cccc1N1CCN(C(=O)C(Cc2ccc(Cl)cc2)NC(=O)CCN)CC1. The number of alkyl carbamates (subject to hydrolysis) is 1. The van der Waals surface area contributed by atoms with Crippen molar-refractivity contribution in [2.45, 2.75) is 98.4 Å². The number of amides is 5. The van der Waals surface area contributed by atoms with E-state index in [1.807, 2.05) is 71.6 Å². The van der Waals surface area contributed by atoms with Crippen molar-refractivity contribution < 1.29 is 51.8 Å². The van der Waals surface area contributed by atoms with Gasteiger partial charge in [-0.05, 0) is 130 Å². The van der Waals surface area contributed by atoms with Crippen LogP contribution in [0, 0.1) is 11.6 Å². The van der Waals surface area contributed by atoms with E-state index in [1.165, 1.54) is 17.7 Å². The van der Waals surface area contributed by atoms with E-state index in [1.54, 1.807) is 99.4 Å². The van der Waals surface area contributed by atoms with Gasteiger partial charge in [-0.15, -0.1) is 0 Å². The standard InChI is InChI=1S/C32H39ClFN5O3.C28H34ClFN4O5.C9H13NO.2CH4/c1-42-30-8-3-2-5-24(30)14-16-36-22-26-27(34)6-4-7-29(26)38-17-19-39(20-18-38)32(41)28(37-31(40)13-15-35)21-23-9-11-25(33)12-10-23;1-28(2,3)39-27(38)31-12-11-25(36)32-23(17-19-7-9-20(29)10-8-19)26(37)34-15-13-33(14-16-34)24-6-4-5-22(30)21(24)18-35;1-11-9-5-3-2-4-8(9)6-7-10;;/h2-12,28,36H,13-22,35H2,1H3,(H,37,40);4-10,18,23H,11-17H2,1-3H3,(H,31,38)(H,32,36);2-5H,6-7,10H2,1H3;2*1H4. The third-order valence-electron chi connectivity index (χ3n) is 15.1.